The van der Waals surface area contributed by atoms with Crippen molar-refractivity contribution < 1.29 is 19.2 Å². The minimum atomic E-state index is -0.443. The second-order valence-electron chi connectivity index (χ2n) is 5.67. The van der Waals surface area contributed by atoms with Gasteiger partial charge in [0.15, 0.2) is 12.6 Å². The molecule has 0 saturated heterocycles. The quantitative estimate of drug-likeness (QED) is 0.487. The highest BCUT2D eigenvalue weighted by atomic mass is 32.1. The molecule has 0 fully saturated rings. The van der Waals surface area contributed by atoms with E-state index < -0.39 is 11.8 Å². The van der Waals surface area contributed by atoms with E-state index in [1.807, 2.05) is 0 Å². The van der Waals surface area contributed by atoms with Crippen LogP contribution in [0.15, 0.2) is 54.6 Å². The zero-order valence-electron chi connectivity index (χ0n) is 13.7. The van der Waals surface area contributed by atoms with E-state index in [0.717, 1.165) is 27.6 Å². The second-order valence-corrected chi connectivity index (χ2v) is 7.90. The Labute approximate surface area is 162 Å². The van der Waals surface area contributed by atoms with E-state index in [0.29, 0.717) is 37.8 Å². The number of rotatable bonds is 5. The monoisotopic (exact) mass is 393 g/mol. The topological polar surface area (TPSA) is 71.5 Å². The lowest BCUT2D eigenvalue weighted by Gasteiger charge is -2.14. The van der Waals surface area contributed by atoms with Gasteiger partial charge in [-0.25, -0.2) is 4.90 Å². The first kappa shape index (κ1) is 17.3. The van der Waals surface area contributed by atoms with E-state index in [2.05, 4.69) is 0 Å². The Morgan fingerprint density at radius 3 is 1.56 bits per heavy atom. The minimum absolute atomic E-state index is 0.251. The summed E-state index contributed by atoms with van der Waals surface area (Å²) in [5, 5.41) is 0. The van der Waals surface area contributed by atoms with Crippen molar-refractivity contribution in [2.45, 2.75) is 0 Å². The van der Waals surface area contributed by atoms with Gasteiger partial charge in [-0.2, -0.15) is 0 Å². The van der Waals surface area contributed by atoms with Gasteiger partial charge in [0.2, 0.25) is 0 Å². The van der Waals surface area contributed by atoms with E-state index in [9.17, 15) is 19.2 Å². The third kappa shape index (κ3) is 2.87. The average molecular weight is 393 g/mol. The van der Waals surface area contributed by atoms with Crippen LogP contribution >= 0.6 is 22.7 Å². The first-order valence-corrected chi connectivity index (χ1v) is 9.56. The molecule has 27 heavy (non-hydrogen) atoms. The summed E-state index contributed by atoms with van der Waals surface area (Å²) in [5.74, 6) is -0.886. The highest BCUT2D eigenvalue weighted by Crippen LogP contribution is 2.41. The maximum atomic E-state index is 13.2. The zero-order chi connectivity index (χ0) is 19.0. The lowest BCUT2D eigenvalue weighted by Crippen LogP contribution is -2.31. The molecule has 0 atom stereocenters. The number of carbonyl (C=O) groups excluding carboxylic acids is 4. The molecule has 1 aliphatic rings. The molecule has 3 heterocycles. The van der Waals surface area contributed by atoms with Crippen LogP contribution in [0, 0.1) is 0 Å². The number of hydrogen-bond acceptors (Lipinski definition) is 6. The summed E-state index contributed by atoms with van der Waals surface area (Å²) in [5.41, 5.74) is 0.974. The number of hydrogen-bond donors (Lipinski definition) is 0. The number of anilines is 1. The van der Waals surface area contributed by atoms with Crippen molar-refractivity contribution in [2.24, 2.45) is 0 Å². The summed E-state index contributed by atoms with van der Waals surface area (Å²) >= 11 is 2.31. The molecule has 1 aliphatic heterocycles. The van der Waals surface area contributed by atoms with Gasteiger partial charge in [0.1, 0.15) is 0 Å². The van der Waals surface area contributed by atoms with Crippen LogP contribution in [0.1, 0.15) is 29.1 Å². The molecule has 4 rings (SSSR count). The van der Waals surface area contributed by atoms with Crippen LogP contribution in [-0.2, 0) is 9.59 Å². The molecule has 0 aliphatic carbocycles. The van der Waals surface area contributed by atoms with Crippen molar-refractivity contribution in [2.75, 3.05) is 4.90 Å². The molecular weight excluding hydrogens is 382 g/mol. The van der Waals surface area contributed by atoms with Gasteiger partial charge in [-0.15, -0.1) is 22.7 Å². The van der Waals surface area contributed by atoms with E-state index in [-0.39, 0.29) is 11.1 Å². The van der Waals surface area contributed by atoms with E-state index in [4.69, 9.17) is 0 Å². The summed E-state index contributed by atoms with van der Waals surface area (Å²) in [6.07, 6.45) is 1.42. The Kier molecular flexibility index (Phi) is 4.39. The van der Waals surface area contributed by atoms with Crippen LogP contribution in [0.25, 0.3) is 11.1 Å². The highest BCUT2D eigenvalue weighted by molar-refractivity contribution is 7.16. The van der Waals surface area contributed by atoms with Gasteiger partial charge in [-0.3, -0.25) is 19.2 Å². The summed E-state index contributed by atoms with van der Waals surface area (Å²) in [4.78, 5) is 51.6. The number of aldehydes is 2. The Bertz CT molecular complexity index is 1040. The van der Waals surface area contributed by atoms with Gasteiger partial charge >= 0.3 is 0 Å². The number of benzene rings is 1. The van der Waals surface area contributed by atoms with Gasteiger partial charge in [0.25, 0.3) is 11.8 Å². The predicted octanol–water partition coefficient (Wildman–Crippen LogP) is 3.92. The summed E-state index contributed by atoms with van der Waals surface area (Å²) in [7, 11) is 0. The molecule has 0 saturated carbocycles. The van der Waals surface area contributed by atoms with Crippen molar-refractivity contribution in [3.63, 3.8) is 0 Å². The maximum Gasteiger partial charge on any atom is 0.267 e. The molecule has 0 spiro atoms. The van der Waals surface area contributed by atoms with Crippen LogP contribution in [0.2, 0.25) is 0 Å². The van der Waals surface area contributed by atoms with Gasteiger partial charge < -0.3 is 0 Å². The molecule has 132 valence electrons. The lowest BCUT2D eigenvalue weighted by molar-refractivity contribution is -0.119. The largest absolute Gasteiger partial charge is 0.297 e. The first-order chi connectivity index (χ1) is 13.1. The molecule has 2 aromatic heterocycles. The van der Waals surface area contributed by atoms with Gasteiger partial charge in [-0.1, -0.05) is 18.2 Å². The van der Waals surface area contributed by atoms with Crippen molar-refractivity contribution >= 4 is 63.9 Å². The van der Waals surface area contributed by atoms with Gasteiger partial charge in [0, 0.05) is 9.75 Å². The Balaban J connectivity index is 1.91. The van der Waals surface area contributed by atoms with Crippen LogP contribution in [-0.4, -0.2) is 24.4 Å². The Morgan fingerprint density at radius 1 is 0.667 bits per heavy atom. The number of amides is 2. The van der Waals surface area contributed by atoms with Crippen molar-refractivity contribution in [3.8, 4) is 0 Å². The molecule has 1 aromatic carbocycles. The number of carbonyl (C=O) groups is 4. The molecule has 0 radical (unpaired) electrons. The molecular formula is C20H11NO4S2. The van der Waals surface area contributed by atoms with E-state index in [1.165, 1.54) is 0 Å². The predicted molar refractivity (Wildman–Crippen MR) is 105 cm³/mol. The molecule has 0 N–H and O–H groups in total. The average Bonchev–Trinajstić information content (AvgIpc) is 3.40. The summed E-state index contributed by atoms with van der Waals surface area (Å²) in [6, 6.07) is 15.2. The van der Waals surface area contributed by atoms with Gasteiger partial charge in [-0.05, 0) is 36.4 Å². The number of nitrogens with zero attached hydrogens (tertiary/aromatic N) is 1. The smallest absolute Gasteiger partial charge is 0.267 e. The number of para-hydroxylation sites is 1. The molecule has 7 heteroatoms. The summed E-state index contributed by atoms with van der Waals surface area (Å²) < 4.78 is 0. The van der Waals surface area contributed by atoms with Crippen LogP contribution in [0.3, 0.4) is 0 Å². The van der Waals surface area contributed by atoms with Gasteiger partial charge in [0.05, 0.1) is 26.6 Å². The van der Waals surface area contributed by atoms with Crippen LogP contribution in [0.5, 0.6) is 0 Å². The maximum absolute atomic E-state index is 13.2. The van der Waals surface area contributed by atoms with Crippen molar-refractivity contribution in [1.29, 1.82) is 0 Å². The number of imide groups is 1. The highest BCUT2D eigenvalue weighted by Gasteiger charge is 2.41. The zero-order valence-corrected chi connectivity index (χ0v) is 15.4. The molecule has 0 bridgehead atoms. The van der Waals surface area contributed by atoms with Crippen LogP contribution in [0.4, 0.5) is 5.69 Å². The fourth-order valence-corrected chi connectivity index (χ4v) is 4.63. The fourth-order valence-electron chi connectivity index (χ4n) is 2.90. The van der Waals surface area contributed by atoms with Crippen molar-refractivity contribution in [3.05, 3.63) is 74.1 Å². The Morgan fingerprint density at radius 2 is 1.15 bits per heavy atom. The minimum Gasteiger partial charge on any atom is -0.297 e. The second kappa shape index (κ2) is 6.86. The van der Waals surface area contributed by atoms with Crippen LogP contribution < -0.4 is 4.90 Å². The third-order valence-electron chi connectivity index (χ3n) is 4.08. The number of thiophene rings is 2. The fraction of sp³-hybridized carbons (Fsp3) is 0. The standard InChI is InChI=1S/C20H11NO4S2/c22-10-13-6-8-15(26-13)17-18(16-9-7-14(11-23)27-16)20(25)21(19(17)24)12-4-2-1-3-5-12/h1-11H. The summed E-state index contributed by atoms with van der Waals surface area (Å²) in [6.45, 7) is 0. The van der Waals surface area contributed by atoms with E-state index >= 15 is 0 Å². The Hall–Kier alpha value is -3.16. The SMILES string of the molecule is O=Cc1ccc(C2=C(c3ccc(C=O)s3)C(=O)N(c3ccccc3)C2=O)s1. The lowest BCUT2D eigenvalue weighted by atomic mass is 10.1. The van der Waals surface area contributed by atoms with E-state index in [1.54, 1.807) is 54.6 Å². The molecule has 2 amide bonds. The molecule has 0 unspecified atom stereocenters. The third-order valence-corrected chi connectivity index (χ3v) is 6.13. The normalized spacial score (nSPS) is 14.1. The first-order valence-electron chi connectivity index (χ1n) is 7.93. The van der Waals surface area contributed by atoms with Crippen molar-refractivity contribution in [1.82, 2.24) is 0 Å². The molecule has 3 aromatic rings. The molecule has 5 nitrogen and oxygen atoms in total.